The zero-order chi connectivity index (χ0) is 20.6. The summed E-state index contributed by atoms with van der Waals surface area (Å²) < 4.78 is 11.4. The van der Waals surface area contributed by atoms with Gasteiger partial charge in [-0.15, -0.1) is 0 Å². The van der Waals surface area contributed by atoms with Crippen molar-refractivity contribution in [2.24, 2.45) is 0 Å². The molecular formula is C25H31NO3. The van der Waals surface area contributed by atoms with Crippen LogP contribution in [0.2, 0.25) is 0 Å². The van der Waals surface area contributed by atoms with Crippen molar-refractivity contribution in [3.8, 4) is 11.5 Å². The van der Waals surface area contributed by atoms with Crippen LogP contribution in [0.1, 0.15) is 46.3 Å². The second-order valence-electron chi connectivity index (χ2n) is 7.63. The first-order chi connectivity index (χ1) is 14.1. The lowest BCUT2D eigenvalue weighted by molar-refractivity contribution is 0.104. The lowest BCUT2D eigenvalue weighted by atomic mass is 10.0. The van der Waals surface area contributed by atoms with Gasteiger partial charge in [0, 0.05) is 17.7 Å². The first-order valence-electron chi connectivity index (χ1n) is 10.4. The Morgan fingerprint density at radius 2 is 1.76 bits per heavy atom. The zero-order valence-corrected chi connectivity index (χ0v) is 17.7. The highest BCUT2D eigenvalue weighted by Gasteiger charge is 2.13. The van der Waals surface area contributed by atoms with E-state index in [1.807, 2.05) is 50.2 Å². The van der Waals surface area contributed by atoms with Crippen molar-refractivity contribution in [1.29, 1.82) is 0 Å². The number of carbonyl (C=O) groups is 1. The van der Waals surface area contributed by atoms with E-state index in [1.54, 1.807) is 19.3 Å². The van der Waals surface area contributed by atoms with Crippen molar-refractivity contribution in [3.05, 3.63) is 64.7 Å². The average molecular weight is 394 g/mol. The molecule has 1 saturated heterocycles. The molecule has 0 atom stereocenters. The molecule has 0 spiro atoms. The van der Waals surface area contributed by atoms with E-state index < -0.39 is 0 Å². The fraction of sp³-hybridized carbons (Fsp3) is 0.400. The van der Waals surface area contributed by atoms with Crippen LogP contribution >= 0.6 is 0 Å². The van der Waals surface area contributed by atoms with Crippen LogP contribution in [0.15, 0.2) is 42.5 Å². The van der Waals surface area contributed by atoms with E-state index in [1.165, 1.54) is 32.4 Å². The van der Waals surface area contributed by atoms with Crippen LogP contribution < -0.4 is 9.47 Å². The van der Waals surface area contributed by atoms with E-state index in [0.717, 1.165) is 34.7 Å². The number of piperidine rings is 1. The fourth-order valence-electron chi connectivity index (χ4n) is 3.85. The molecule has 1 aliphatic heterocycles. The summed E-state index contributed by atoms with van der Waals surface area (Å²) in [4.78, 5) is 15.1. The molecule has 2 aromatic carbocycles. The van der Waals surface area contributed by atoms with Crippen LogP contribution in [0.5, 0.6) is 11.5 Å². The van der Waals surface area contributed by atoms with Gasteiger partial charge in [0.25, 0.3) is 0 Å². The molecule has 3 rings (SSSR count). The van der Waals surface area contributed by atoms with Crippen LogP contribution in [-0.2, 0) is 0 Å². The van der Waals surface area contributed by atoms with E-state index in [0.29, 0.717) is 12.2 Å². The number of carbonyl (C=O) groups excluding carboxylic acids is 1. The largest absolute Gasteiger partial charge is 0.496 e. The van der Waals surface area contributed by atoms with Crippen molar-refractivity contribution in [3.63, 3.8) is 0 Å². The molecule has 4 heteroatoms. The second-order valence-corrected chi connectivity index (χ2v) is 7.63. The highest BCUT2D eigenvalue weighted by Crippen LogP contribution is 2.26. The highest BCUT2D eigenvalue weighted by atomic mass is 16.5. The zero-order valence-electron chi connectivity index (χ0n) is 17.7. The minimum atomic E-state index is -0.0260. The van der Waals surface area contributed by atoms with Gasteiger partial charge in [-0.25, -0.2) is 0 Å². The van der Waals surface area contributed by atoms with Crippen LogP contribution in [0.3, 0.4) is 0 Å². The molecule has 1 fully saturated rings. The predicted octanol–water partition coefficient (Wildman–Crippen LogP) is 5.07. The van der Waals surface area contributed by atoms with Crippen LogP contribution in [0, 0.1) is 13.8 Å². The first-order valence-corrected chi connectivity index (χ1v) is 10.4. The normalized spacial score (nSPS) is 14.9. The lowest BCUT2D eigenvalue weighted by Gasteiger charge is -2.26. The summed E-state index contributed by atoms with van der Waals surface area (Å²) in [7, 11) is 1.63. The number of para-hydroxylation sites is 1. The molecule has 0 bridgehead atoms. The smallest absolute Gasteiger partial charge is 0.185 e. The Labute approximate surface area is 174 Å². The summed E-state index contributed by atoms with van der Waals surface area (Å²) in [5.41, 5.74) is 3.55. The maximum atomic E-state index is 12.7. The topological polar surface area (TPSA) is 38.8 Å². The quantitative estimate of drug-likeness (QED) is 0.463. The Hall–Kier alpha value is -2.59. The number of hydrogen-bond donors (Lipinski definition) is 0. The molecule has 4 nitrogen and oxygen atoms in total. The number of methoxy groups -OCH3 is 1. The molecule has 1 heterocycles. The molecule has 154 valence electrons. The average Bonchev–Trinajstić information content (AvgIpc) is 2.74. The van der Waals surface area contributed by atoms with E-state index >= 15 is 0 Å². The van der Waals surface area contributed by atoms with Gasteiger partial charge in [-0.3, -0.25) is 9.69 Å². The Kier molecular flexibility index (Phi) is 7.48. The molecule has 0 aliphatic carbocycles. The van der Waals surface area contributed by atoms with Gasteiger partial charge in [0.05, 0.1) is 7.11 Å². The third-order valence-corrected chi connectivity index (χ3v) is 5.40. The number of nitrogens with zero attached hydrogens (tertiary/aromatic N) is 1. The van der Waals surface area contributed by atoms with Crippen molar-refractivity contribution < 1.29 is 14.3 Å². The summed E-state index contributed by atoms with van der Waals surface area (Å²) >= 11 is 0. The number of ketones is 1. The molecule has 0 N–H and O–H groups in total. The van der Waals surface area contributed by atoms with Crippen molar-refractivity contribution in [2.45, 2.75) is 33.1 Å². The lowest BCUT2D eigenvalue weighted by Crippen LogP contribution is -2.33. The minimum Gasteiger partial charge on any atom is -0.496 e. The molecular weight excluding hydrogens is 362 g/mol. The number of benzene rings is 2. The Balaban J connectivity index is 1.64. The number of aryl methyl sites for hydroxylation is 2. The maximum Gasteiger partial charge on any atom is 0.185 e. The molecule has 29 heavy (non-hydrogen) atoms. The van der Waals surface area contributed by atoms with Gasteiger partial charge in [-0.2, -0.15) is 0 Å². The Morgan fingerprint density at radius 1 is 1.07 bits per heavy atom. The third kappa shape index (κ3) is 5.70. The van der Waals surface area contributed by atoms with Crippen molar-refractivity contribution in [2.75, 3.05) is 33.4 Å². The van der Waals surface area contributed by atoms with E-state index in [9.17, 15) is 4.79 Å². The molecule has 0 saturated carbocycles. The summed E-state index contributed by atoms with van der Waals surface area (Å²) in [6.07, 6.45) is 7.32. The summed E-state index contributed by atoms with van der Waals surface area (Å²) in [5, 5.41) is 0. The number of likely N-dealkylation sites (tertiary alicyclic amines) is 1. The highest BCUT2D eigenvalue weighted by molar-refractivity contribution is 6.07. The molecule has 0 aromatic heterocycles. The van der Waals surface area contributed by atoms with Crippen LogP contribution in [0.25, 0.3) is 6.08 Å². The third-order valence-electron chi connectivity index (χ3n) is 5.40. The number of ether oxygens (including phenoxy) is 2. The van der Waals surface area contributed by atoms with Gasteiger partial charge >= 0.3 is 0 Å². The van der Waals surface area contributed by atoms with Gasteiger partial charge in [-0.05, 0) is 81.3 Å². The van der Waals surface area contributed by atoms with Crippen LogP contribution in [-0.4, -0.2) is 44.0 Å². The van der Waals surface area contributed by atoms with E-state index in [2.05, 4.69) is 4.90 Å². The Bertz CT molecular complexity index is 843. The predicted molar refractivity (Wildman–Crippen MR) is 118 cm³/mol. The first kappa shape index (κ1) is 21.1. The van der Waals surface area contributed by atoms with E-state index in [-0.39, 0.29) is 5.78 Å². The van der Waals surface area contributed by atoms with Gasteiger partial charge < -0.3 is 9.47 Å². The van der Waals surface area contributed by atoms with Gasteiger partial charge in [0.2, 0.25) is 0 Å². The summed E-state index contributed by atoms with van der Waals surface area (Å²) in [6.45, 7) is 8.00. The van der Waals surface area contributed by atoms with Crippen molar-refractivity contribution in [1.82, 2.24) is 4.90 Å². The Morgan fingerprint density at radius 3 is 2.45 bits per heavy atom. The van der Waals surface area contributed by atoms with Gasteiger partial charge in [0.15, 0.2) is 5.78 Å². The van der Waals surface area contributed by atoms with E-state index in [4.69, 9.17) is 9.47 Å². The standard InChI is InChI=1S/C25H31NO3/c1-19-17-22(23(27)12-11-21-9-5-6-10-24(21)28-3)18-20(2)25(19)29-16-15-26-13-7-4-8-14-26/h5-6,9-12,17-18H,4,7-8,13-16H2,1-3H3/b12-11+. The molecule has 0 amide bonds. The molecule has 1 aliphatic rings. The summed E-state index contributed by atoms with van der Waals surface area (Å²) in [5.74, 6) is 1.62. The van der Waals surface area contributed by atoms with Crippen molar-refractivity contribution >= 4 is 11.9 Å². The minimum absolute atomic E-state index is 0.0260. The summed E-state index contributed by atoms with van der Waals surface area (Å²) in [6, 6.07) is 11.5. The van der Waals surface area contributed by atoms with Crippen LogP contribution in [0.4, 0.5) is 0 Å². The number of rotatable bonds is 8. The SMILES string of the molecule is COc1ccccc1/C=C/C(=O)c1cc(C)c(OCCN2CCCCC2)c(C)c1. The number of allylic oxidation sites excluding steroid dienone is 1. The van der Waals surface area contributed by atoms with Gasteiger partial charge in [-0.1, -0.05) is 24.6 Å². The number of hydrogen-bond acceptors (Lipinski definition) is 4. The molecule has 0 unspecified atom stereocenters. The molecule has 0 radical (unpaired) electrons. The maximum absolute atomic E-state index is 12.7. The fourth-order valence-corrected chi connectivity index (χ4v) is 3.85. The van der Waals surface area contributed by atoms with Gasteiger partial charge in [0.1, 0.15) is 18.1 Å². The second kappa shape index (κ2) is 10.3. The molecule has 2 aromatic rings. The monoisotopic (exact) mass is 393 g/mol.